The molecule has 0 bridgehead atoms. The maximum atomic E-state index is 10.8. The van der Waals surface area contributed by atoms with Gasteiger partial charge in [-0.15, -0.1) is 0 Å². The van der Waals surface area contributed by atoms with Crippen molar-refractivity contribution in [2.45, 2.75) is 0 Å². The number of fused-ring (bicyclic) bond motifs is 1. The van der Waals surface area contributed by atoms with E-state index in [1.807, 2.05) is 0 Å². The SMILES string of the molecule is O=C1Oc2ccc(Br)c(Cl)c21. The van der Waals surface area contributed by atoms with Gasteiger partial charge in [0, 0.05) is 4.47 Å². The first-order chi connectivity index (χ1) is 5.20. The van der Waals surface area contributed by atoms with Crippen molar-refractivity contribution in [3.63, 3.8) is 0 Å². The van der Waals surface area contributed by atoms with Crippen LogP contribution in [0, 0.1) is 0 Å². The van der Waals surface area contributed by atoms with Crippen molar-refractivity contribution in [1.82, 2.24) is 0 Å². The van der Waals surface area contributed by atoms with Crippen molar-refractivity contribution in [3.05, 3.63) is 27.2 Å². The third-order valence-electron chi connectivity index (χ3n) is 1.46. The van der Waals surface area contributed by atoms with Gasteiger partial charge in [0.15, 0.2) is 0 Å². The summed E-state index contributed by atoms with van der Waals surface area (Å²) in [6.45, 7) is 0. The van der Waals surface area contributed by atoms with Crippen molar-refractivity contribution >= 4 is 33.5 Å². The van der Waals surface area contributed by atoms with Gasteiger partial charge < -0.3 is 4.74 Å². The number of ether oxygens (including phenoxy) is 1. The monoisotopic (exact) mass is 232 g/mol. The molecule has 1 aliphatic rings. The molecule has 0 saturated heterocycles. The molecule has 11 heavy (non-hydrogen) atoms. The molecule has 0 atom stereocenters. The van der Waals surface area contributed by atoms with Gasteiger partial charge in [-0.1, -0.05) is 11.6 Å². The summed E-state index contributed by atoms with van der Waals surface area (Å²) >= 11 is 8.98. The lowest BCUT2D eigenvalue weighted by atomic mass is 10.1. The number of rotatable bonds is 0. The number of carbonyl (C=O) groups is 1. The van der Waals surface area contributed by atoms with Gasteiger partial charge in [-0.3, -0.25) is 0 Å². The second-order valence-corrected chi connectivity index (χ2v) is 3.36. The van der Waals surface area contributed by atoms with E-state index < -0.39 is 0 Å². The third kappa shape index (κ3) is 0.880. The van der Waals surface area contributed by atoms with E-state index in [1.165, 1.54) is 0 Å². The Morgan fingerprint density at radius 2 is 2.18 bits per heavy atom. The molecule has 1 aromatic carbocycles. The van der Waals surface area contributed by atoms with Gasteiger partial charge in [0.1, 0.15) is 11.3 Å². The van der Waals surface area contributed by atoms with E-state index in [4.69, 9.17) is 11.6 Å². The van der Waals surface area contributed by atoms with Crippen LogP contribution in [0.3, 0.4) is 0 Å². The molecular formula is C7H2BrClO2. The van der Waals surface area contributed by atoms with Gasteiger partial charge in [-0.25, -0.2) is 4.79 Å². The van der Waals surface area contributed by atoms with Crippen molar-refractivity contribution in [2.24, 2.45) is 0 Å². The zero-order valence-corrected chi connectivity index (χ0v) is 7.57. The number of halogens is 2. The second kappa shape index (κ2) is 2.22. The highest BCUT2D eigenvalue weighted by Crippen LogP contribution is 2.38. The molecule has 1 heterocycles. The maximum absolute atomic E-state index is 10.8. The van der Waals surface area contributed by atoms with E-state index in [9.17, 15) is 4.79 Å². The Bertz CT molecular complexity index is 349. The minimum Gasteiger partial charge on any atom is -0.422 e. The Morgan fingerprint density at radius 1 is 1.45 bits per heavy atom. The van der Waals surface area contributed by atoms with Crippen LogP contribution in [-0.4, -0.2) is 5.97 Å². The quantitative estimate of drug-likeness (QED) is 0.644. The third-order valence-corrected chi connectivity index (χ3v) is 2.75. The van der Waals surface area contributed by atoms with E-state index in [0.717, 1.165) is 4.47 Å². The average molecular weight is 233 g/mol. The molecule has 0 aliphatic carbocycles. The van der Waals surface area contributed by atoms with Gasteiger partial charge >= 0.3 is 5.97 Å². The first-order valence-electron chi connectivity index (χ1n) is 2.90. The summed E-state index contributed by atoms with van der Waals surface area (Å²) in [5.74, 6) is 0.203. The van der Waals surface area contributed by atoms with Crippen molar-refractivity contribution in [2.75, 3.05) is 0 Å². The molecule has 1 aromatic rings. The van der Waals surface area contributed by atoms with Gasteiger partial charge in [-0.2, -0.15) is 0 Å². The Morgan fingerprint density at radius 3 is 2.73 bits per heavy atom. The molecule has 2 rings (SSSR count). The fourth-order valence-corrected chi connectivity index (χ4v) is 1.48. The molecule has 1 aliphatic heterocycles. The number of hydrogen-bond donors (Lipinski definition) is 0. The summed E-state index contributed by atoms with van der Waals surface area (Å²) < 4.78 is 5.39. The first kappa shape index (κ1) is 7.13. The number of hydrogen-bond acceptors (Lipinski definition) is 2. The van der Waals surface area contributed by atoms with Gasteiger partial charge in [-0.05, 0) is 28.1 Å². The summed E-state index contributed by atoms with van der Waals surface area (Å²) in [5, 5.41) is 0.429. The van der Waals surface area contributed by atoms with Gasteiger partial charge in [0.05, 0.1) is 5.02 Å². The summed E-state index contributed by atoms with van der Waals surface area (Å²) in [6, 6.07) is 3.44. The van der Waals surface area contributed by atoms with Crippen LogP contribution < -0.4 is 4.74 Å². The number of esters is 1. The number of benzene rings is 1. The lowest BCUT2D eigenvalue weighted by Crippen LogP contribution is -2.21. The Balaban J connectivity index is 2.70. The highest BCUT2D eigenvalue weighted by molar-refractivity contribution is 9.10. The Labute approximate surface area is 76.2 Å². The van der Waals surface area contributed by atoms with Crippen molar-refractivity contribution < 1.29 is 9.53 Å². The molecule has 4 heteroatoms. The number of carbonyl (C=O) groups excluding carboxylic acids is 1. The van der Waals surface area contributed by atoms with E-state index >= 15 is 0 Å². The van der Waals surface area contributed by atoms with Crippen molar-refractivity contribution in [3.8, 4) is 5.75 Å². The lowest BCUT2D eigenvalue weighted by molar-refractivity contribution is 0.0659. The van der Waals surface area contributed by atoms with E-state index in [0.29, 0.717) is 16.3 Å². The molecule has 56 valence electrons. The van der Waals surface area contributed by atoms with Gasteiger partial charge in [0.2, 0.25) is 0 Å². The standard InChI is InChI=1S/C7H2BrClO2/c8-3-1-2-4-5(6(3)9)7(10)11-4/h1-2H. The molecule has 0 N–H and O–H groups in total. The predicted molar refractivity (Wildman–Crippen MR) is 44.1 cm³/mol. The highest BCUT2D eigenvalue weighted by Gasteiger charge is 2.29. The minimum atomic E-state index is -0.355. The van der Waals surface area contributed by atoms with Crippen LogP contribution in [0.25, 0.3) is 0 Å². The van der Waals surface area contributed by atoms with Crippen LogP contribution in [-0.2, 0) is 0 Å². The zero-order valence-electron chi connectivity index (χ0n) is 5.23. The van der Waals surface area contributed by atoms with Crippen LogP contribution in [0.5, 0.6) is 5.75 Å². The summed E-state index contributed by atoms with van der Waals surface area (Å²) in [4.78, 5) is 10.8. The Hall–Kier alpha value is -0.540. The Kier molecular flexibility index (Phi) is 1.44. The van der Waals surface area contributed by atoms with Crippen LogP contribution in [0.2, 0.25) is 5.02 Å². The fourth-order valence-electron chi connectivity index (χ4n) is 0.913. The fraction of sp³-hybridized carbons (Fsp3) is 0. The molecule has 0 amide bonds. The molecule has 0 saturated carbocycles. The molecular weight excluding hydrogens is 231 g/mol. The topological polar surface area (TPSA) is 26.3 Å². The van der Waals surface area contributed by atoms with Crippen LogP contribution in [0.4, 0.5) is 0 Å². The van der Waals surface area contributed by atoms with Crippen molar-refractivity contribution in [1.29, 1.82) is 0 Å². The molecule has 0 unspecified atom stereocenters. The molecule has 2 nitrogen and oxygen atoms in total. The maximum Gasteiger partial charge on any atom is 0.348 e. The highest BCUT2D eigenvalue weighted by atomic mass is 79.9. The minimum absolute atomic E-state index is 0.355. The first-order valence-corrected chi connectivity index (χ1v) is 4.07. The molecule has 0 fully saturated rings. The van der Waals surface area contributed by atoms with Crippen LogP contribution >= 0.6 is 27.5 Å². The van der Waals surface area contributed by atoms with Gasteiger partial charge in [0.25, 0.3) is 0 Å². The molecule has 0 radical (unpaired) electrons. The van der Waals surface area contributed by atoms with Crippen LogP contribution in [0.15, 0.2) is 16.6 Å². The summed E-state index contributed by atoms with van der Waals surface area (Å²) in [5.41, 5.74) is 0.473. The second-order valence-electron chi connectivity index (χ2n) is 2.12. The molecule has 0 aromatic heterocycles. The smallest absolute Gasteiger partial charge is 0.348 e. The lowest BCUT2D eigenvalue weighted by Gasteiger charge is -2.18. The van der Waals surface area contributed by atoms with E-state index in [1.54, 1.807) is 12.1 Å². The largest absolute Gasteiger partial charge is 0.422 e. The summed E-state index contributed by atoms with van der Waals surface area (Å²) in [7, 11) is 0. The predicted octanol–water partition coefficient (Wildman–Crippen LogP) is 2.64. The average Bonchev–Trinajstić information content (AvgIpc) is 1.94. The summed E-state index contributed by atoms with van der Waals surface area (Å²) in [6.07, 6.45) is 0. The van der Waals surface area contributed by atoms with E-state index in [-0.39, 0.29) is 5.97 Å². The van der Waals surface area contributed by atoms with E-state index in [2.05, 4.69) is 20.7 Å². The molecule has 0 spiro atoms. The zero-order chi connectivity index (χ0) is 8.01. The van der Waals surface area contributed by atoms with Crippen LogP contribution in [0.1, 0.15) is 10.4 Å². The normalized spacial score (nSPS) is 13.5.